The summed E-state index contributed by atoms with van der Waals surface area (Å²) in [7, 11) is 0. The first kappa shape index (κ1) is 34.6. The minimum Gasteiger partial charge on any atom is -0.330 e. The SMILES string of the molecule is CC(C)CCCCCCN.CCCCCCC(C)C.CCCCCCCCC(C)C. The van der Waals surface area contributed by atoms with Crippen LogP contribution in [-0.2, 0) is 0 Å². The Hall–Kier alpha value is -0.0400. The molecule has 30 heavy (non-hydrogen) atoms. The van der Waals surface area contributed by atoms with Crippen molar-refractivity contribution in [2.45, 2.75) is 165 Å². The monoisotopic (exact) mass is 428 g/mol. The van der Waals surface area contributed by atoms with Gasteiger partial charge in [0.2, 0.25) is 0 Å². The first-order valence-corrected chi connectivity index (χ1v) is 14.0. The fraction of sp³-hybridized carbons (Fsp3) is 1.00. The first-order valence-electron chi connectivity index (χ1n) is 14.0. The Bertz CT molecular complexity index is 257. The maximum atomic E-state index is 5.37. The molecular formula is C29H65N. The van der Waals surface area contributed by atoms with Gasteiger partial charge in [-0.15, -0.1) is 0 Å². The molecule has 0 unspecified atom stereocenters. The van der Waals surface area contributed by atoms with E-state index in [1.54, 1.807) is 0 Å². The molecule has 0 aliphatic carbocycles. The van der Waals surface area contributed by atoms with Gasteiger partial charge in [-0.05, 0) is 30.7 Å². The van der Waals surface area contributed by atoms with Gasteiger partial charge in [-0.1, -0.05) is 158 Å². The van der Waals surface area contributed by atoms with E-state index in [2.05, 4.69) is 55.4 Å². The summed E-state index contributed by atoms with van der Waals surface area (Å²) in [5.74, 6) is 2.68. The van der Waals surface area contributed by atoms with Crippen LogP contribution in [0.25, 0.3) is 0 Å². The summed E-state index contributed by atoms with van der Waals surface area (Å²) >= 11 is 0. The second-order valence-corrected chi connectivity index (χ2v) is 10.6. The Kier molecular flexibility index (Phi) is 35.9. The first-order chi connectivity index (χ1) is 14.3. The number of rotatable bonds is 18. The third-order valence-electron chi connectivity index (χ3n) is 5.51. The van der Waals surface area contributed by atoms with Crippen molar-refractivity contribution >= 4 is 0 Å². The second kappa shape index (κ2) is 31.1. The van der Waals surface area contributed by atoms with Crippen LogP contribution in [0.4, 0.5) is 0 Å². The third kappa shape index (κ3) is 46.3. The summed E-state index contributed by atoms with van der Waals surface area (Å²) in [6.45, 7) is 19.2. The topological polar surface area (TPSA) is 26.0 Å². The van der Waals surface area contributed by atoms with Crippen molar-refractivity contribution in [3.8, 4) is 0 Å². The molecule has 0 aromatic rings. The highest BCUT2D eigenvalue weighted by molar-refractivity contribution is 4.49. The molecule has 0 fully saturated rings. The van der Waals surface area contributed by atoms with Crippen LogP contribution in [-0.4, -0.2) is 6.54 Å². The molecule has 0 saturated heterocycles. The molecule has 1 heteroatoms. The fourth-order valence-corrected chi connectivity index (χ4v) is 3.36. The van der Waals surface area contributed by atoms with Gasteiger partial charge in [-0.3, -0.25) is 0 Å². The highest BCUT2D eigenvalue weighted by Gasteiger charge is 1.94. The molecule has 0 aromatic heterocycles. The quantitative estimate of drug-likeness (QED) is 0.216. The van der Waals surface area contributed by atoms with E-state index in [-0.39, 0.29) is 0 Å². The normalized spacial score (nSPS) is 10.8. The lowest BCUT2D eigenvalue weighted by Crippen LogP contribution is -1.97. The molecule has 0 heterocycles. The lowest BCUT2D eigenvalue weighted by molar-refractivity contribution is 0.514. The van der Waals surface area contributed by atoms with Crippen molar-refractivity contribution < 1.29 is 0 Å². The van der Waals surface area contributed by atoms with Crippen LogP contribution in [0.15, 0.2) is 0 Å². The number of hydrogen-bond acceptors (Lipinski definition) is 1. The Morgan fingerprint density at radius 2 is 0.667 bits per heavy atom. The molecule has 0 aromatic carbocycles. The molecule has 0 aliphatic heterocycles. The van der Waals surface area contributed by atoms with Crippen molar-refractivity contribution in [2.24, 2.45) is 23.5 Å². The van der Waals surface area contributed by atoms with Gasteiger partial charge in [0.05, 0.1) is 0 Å². The maximum Gasteiger partial charge on any atom is -0.00773 e. The third-order valence-corrected chi connectivity index (χ3v) is 5.51. The van der Waals surface area contributed by atoms with E-state index < -0.39 is 0 Å². The smallest absolute Gasteiger partial charge is 0.00773 e. The highest BCUT2D eigenvalue weighted by atomic mass is 14.5. The van der Waals surface area contributed by atoms with Crippen molar-refractivity contribution in [1.29, 1.82) is 0 Å². The maximum absolute atomic E-state index is 5.37. The van der Waals surface area contributed by atoms with Crippen molar-refractivity contribution in [3.05, 3.63) is 0 Å². The molecule has 0 amide bonds. The molecule has 0 bridgehead atoms. The van der Waals surface area contributed by atoms with Crippen LogP contribution in [0, 0.1) is 17.8 Å². The summed E-state index contributed by atoms with van der Waals surface area (Å²) in [5, 5.41) is 0. The van der Waals surface area contributed by atoms with Crippen molar-refractivity contribution in [2.75, 3.05) is 6.54 Å². The zero-order valence-corrected chi connectivity index (χ0v) is 23.0. The highest BCUT2D eigenvalue weighted by Crippen LogP contribution is 2.11. The van der Waals surface area contributed by atoms with E-state index in [1.807, 2.05) is 0 Å². The minimum absolute atomic E-state index is 0.863. The Labute approximate surface area is 194 Å². The minimum atomic E-state index is 0.863. The zero-order chi connectivity index (χ0) is 23.5. The van der Waals surface area contributed by atoms with Crippen molar-refractivity contribution in [1.82, 2.24) is 0 Å². The van der Waals surface area contributed by atoms with Crippen LogP contribution < -0.4 is 5.73 Å². The molecule has 0 aliphatic rings. The molecule has 0 rings (SSSR count). The number of hydrogen-bond donors (Lipinski definition) is 1. The van der Waals surface area contributed by atoms with E-state index >= 15 is 0 Å². The predicted molar refractivity (Wildman–Crippen MR) is 143 cm³/mol. The average Bonchev–Trinajstić information content (AvgIpc) is 2.68. The van der Waals surface area contributed by atoms with Gasteiger partial charge in [0.1, 0.15) is 0 Å². The largest absolute Gasteiger partial charge is 0.330 e. The van der Waals surface area contributed by atoms with E-state index in [1.165, 1.54) is 109 Å². The van der Waals surface area contributed by atoms with E-state index in [9.17, 15) is 0 Å². The van der Waals surface area contributed by atoms with Crippen LogP contribution in [0.3, 0.4) is 0 Å². The summed E-state index contributed by atoms with van der Waals surface area (Å²) in [4.78, 5) is 0. The average molecular weight is 428 g/mol. The summed E-state index contributed by atoms with van der Waals surface area (Å²) in [5.41, 5.74) is 5.37. The zero-order valence-electron chi connectivity index (χ0n) is 23.0. The van der Waals surface area contributed by atoms with Gasteiger partial charge in [0.25, 0.3) is 0 Å². The number of unbranched alkanes of at least 4 members (excludes halogenated alkanes) is 11. The number of nitrogens with two attached hydrogens (primary N) is 1. The molecule has 1 nitrogen and oxygen atoms in total. The predicted octanol–water partition coefficient (Wildman–Crippen LogP) is 10.6. The van der Waals surface area contributed by atoms with Gasteiger partial charge in [0, 0.05) is 0 Å². The molecule has 0 saturated carbocycles. The summed E-state index contributed by atoms with van der Waals surface area (Å²) in [6, 6.07) is 0. The lowest BCUT2D eigenvalue weighted by atomic mass is 10.0. The molecule has 2 N–H and O–H groups in total. The Morgan fingerprint density at radius 1 is 0.400 bits per heavy atom. The molecule has 186 valence electrons. The summed E-state index contributed by atoms with van der Waals surface area (Å²) < 4.78 is 0. The van der Waals surface area contributed by atoms with Gasteiger partial charge in [-0.25, -0.2) is 0 Å². The van der Waals surface area contributed by atoms with E-state index in [0.29, 0.717) is 0 Å². The Balaban J connectivity index is -0.000000366. The van der Waals surface area contributed by atoms with Gasteiger partial charge < -0.3 is 5.73 Å². The van der Waals surface area contributed by atoms with Crippen LogP contribution in [0.5, 0.6) is 0 Å². The van der Waals surface area contributed by atoms with Gasteiger partial charge >= 0.3 is 0 Å². The van der Waals surface area contributed by atoms with Crippen molar-refractivity contribution in [3.63, 3.8) is 0 Å². The molecule has 0 atom stereocenters. The van der Waals surface area contributed by atoms with Crippen LogP contribution >= 0.6 is 0 Å². The standard InChI is InChI=1S/C11H24.C9H21N.C9H20/c1-4-5-6-7-8-9-10-11(2)3;1-9(2)7-5-3-4-6-8-10;1-4-5-6-7-8-9(2)3/h11H,4-10H2,1-3H3;9H,3-8,10H2,1-2H3;9H,4-8H2,1-3H3. The second-order valence-electron chi connectivity index (χ2n) is 10.6. The summed E-state index contributed by atoms with van der Waals surface area (Å²) in [6.07, 6.45) is 23.8. The van der Waals surface area contributed by atoms with Gasteiger partial charge in [-0.2, -0.15) is 0 Å². The van der Waals surface area contributed by atoms with Crippen LogP contribution in [0.2, 0.25) is 0 Å². The molecule has 0 radical (unpaired) electrons. The lowest BCUT2D eigenvalue weighted by Gasteiger charge is -2.03. The molecular weight excluding hydrogens is 362 g/mol. The van der Waals surface area contributed by atoms with E-state index in [0.717, 1.165) is 24.3 Å². The molecule has 0 spiro atoms. The fourth-order valence-electron chi connectivity index (χ4n) is 3.36. The Morgan fingerprint density at radius 3 is 0.967 bits per heavy atom. The van der Waals surface area contributed by atoms with Crippen LogP contribution in [0.1, 0.15) is 165 Å². The van der Waals surface area contributed by atoms with Gasteiger partial charge in [0.15, 0.2) is 0 Å². The van der Waals surface area contributed by atoms with E-state index in [4.69, 9.17) is 5.73 Å².